The van der Waals surface area contributed by atoms with E-state index >= 15 is 0 Å². The minimum Gasteiger partial charge on any atom is -0.385 e. The third-order valence-corrected chi connectivity index (χ3v) is 6.04. The highest BCUT2D eigenvalue weighted by molar-refractivity contribution is 7.09. The first-order chi connectivity index (χ1) is 11.4. The lowest BCUT2D eigenvalue weighted by molar-refractivity contribution is -0.140. The normalized spacial score (nSPS) is 21.1. The van der Waals surface area contributed by atoms with Gasteiger partial charge in [-0.2, -0.15) is 13.2 Å². The van der Waals surface area contributed by atoms with Crippen molar-refractivity contribution < 1.29 is 22.7 Å². The summed E-state index contributed by atoms with van der Waals surface area (Å²) in [6, 6.07) is 0. The van der Waals surface area contributed by atoms with Crippen LogP contribution in [0, 0.1) is 5.41 Å². The second-order valence-electron chi connectivity index (χ2n) is 6.66. The summed E-state index contributed by atoms with van der Waals surface area (Å²) < 4.78 is 43.1. The predicted octanol–water partition coefficient (Wildman–Crippen LogP) is 3.68. The molecule has 0 spiro atoms. The highest BCUT2D eigenvalue weighted by Gasteiger charge is 2.51. The third-order valence-electron chi connectivity index (χ3n) is 5.04. The molecule has 1 aliphatic heterocycles. The summed E-state index contributed by atoms with van der Waals surface area (Å²) in [6.45, 7) is 1.78. The van der Waals surface area contributed by atoms with Crippen molar-refractivity contribution in [3.05, 3.63) is 16.1 Å². The van der Waals surface area contributed by atoms with Gasteiger partial charge in [0.05, 0.1) is 10.4 Å². The second-order valence-corrected chi connectivity index (χ2v) is 7.55. The second kappa shape index (κ2) is 6.63. The molecule has 3 rings (SSSR count). The summed E-state index contributed by atoms with van der Waals surface area (Å²) in [5.41, 5.74) is -1.05. The van der Waals surface area contributed by atoms with E-state index in [0.717, 1.165) is 36.0 Å². The van der Waals surface area contributed by atoms with E-state index < -0.39 is 11.9 Å². The van der Waals surface area contributed by atoms with Crippen molar-refractivity contribution in [1.82, 2.24) is 9.88 Å². The fourth-order valence-electron chi connectivity index (χ4n) is 3.29. The van der Waals surface area contributed by atoms with E-state index in [2.05, 4.69) is 4.98 Å². The van der Waals surface area contributed by atoms with Gasteiger partial charge in [-0.05, 0) is 32.1 Å². The fraction of sp³-hybridized carbons (Fsp3) is 0.750. The van der Waals surface area contributed by atoms with Crippen LogP contribution in [0.1, 0.15) is 48.7 Å². The number of carbonyl (C=O) groups excluding carboxylic acids is 1. The highest BCUT2D eigenvalue weighted by Crippen LogP contribution is 2.50. The SMILES string of the molecule is COCCC1(C(=O)N2CCC(c3nc(C(F)(F)F)cs3)CC2)CC1. The number of piperidine rings is 1. The van der Waals surface area contributed by atoms with Gasteiger partial charge < -0.3 is 9.64 Å². The zero-order valence-corrected chi connectivity index (χ0v) is 14.4. The largest absolute Gasteiger partial charge is 0.434 e. The molecule has 1 aliphatic carbocycles. The molecule has 0 unspecified atom stereocenters. The maximum Gasteiger partial charge on any atom is 0.434 e. The van der Waals surface area contributed by atoms with Crippen molar-refractivity contribution in [1.29, 1.82) is 0 Å². The molecule has 0 radical (unpaired) electrons. The van der Waals surface area contributed by atoms with Crippen LogP contribution in [0.25, 0.3) is 0 Å². The number of aromatic nitrogens is 1. The number of methoxy groups -OCH3 is 1. The molecule has 2 aliphatic rings. The van der Waals surface area contributed by atoms with Crippen LogP contribution in [0.15, 0.2) is 5.38 Å². The number of thiazole rings is 1. The summed E-state index contributed by atoms with van der Waals surface area (Å²) >= 11 is 1.07. The fourth-order valence-corrected chi connectivity index (χ4v) is 4.29. The molecule has 1 aromatic rings. The van der Waals surface area contributed by atoms with Gasteiger partial charge in [0.15, 0.2) is 5.69 Å². The summed E-state index contributed by atoms with van der Waals surface area (Å²) in [4.78, 5) is 18.3. The molecule has 0 atom stereocenters. The Kier molecular flexibility index (Phi) is 4.88. The highest BCUT2D eigenvalue weighted by atomic mass is 32.1. The van der Waals surface area contributed by atoms with Crippen molar-refractivity contribution in [2.24, 2.45) is 5.41 Å². The first kappa shape index (κ1) is 17.7. The van der Waals surface area contributed by atoms with Crippen LogP contribution in [0.2, 0.25) is 0 Å². The molecule has 0 N–H and O–H groups in total. The Morgan fingerprint density at radius 1 is 1.42 bits per heavy atom. The number of ether oxygens (including phenoxy) is 1. The quantitative estimate of drug-likeness (QED) is 0.802. The van der Waals surface area contributed by atoms with E-state index in [4.69, 9.17) is 4.74 Å². The van der Waals surface area contributed by atoms with Crippen LogP contribution in [0.4, 0.5) is 13.2 Å². The number of nitrogens with zero attached hydrogens (tertiary/aromatic N) is 2. The molecule has 1 saturated heterocycles. The van der Waals surface area contributed by atoms with Gasteiger partial charge in [-0.25, -0.2) is 4.98 Å². The number of amides is 1. The number of alkyl halides is 3. The van der Waals surface area contributed by atoms with Crippen molar-refractivity contribution >= 4 is 17.2 Å². The van der Waals surface area contributed by atoms with Crippen LogP contribution in [-0.2, 0) is 15.7 Å². The predicted molar refractivity (Wildman–Crippen MR) is 83.8 cm³/mol. The summed E-state index contributed by atoms with van der Waals surface area (Å²) in [5, 5.41) is 1.62. The van der Waals surface area contributed by atoms with Crippen LogP contribution in [0.5, 0.6) is 0 Å². The molecule has 4 nitrogen and oxygen atoms in total. The molecule has 2 heterocycles. The minimum atomic E-state index is -4.38. The number of rotatable bonds is 5. The average molecular weight is 362 g/mol. The zero-order chi connectivity index (χ0) is 17.4. The van der Waals surface area contributed by atoms with Gasteiger partial charge in [0.2, 0.25) is 5.91 Å². The molecule has 1 amide bonds. The first-order valence-corrected chi connectivity index (χ1v) is 9.05. The lowest BCUT2D eigenvalue weighted by Gasteiger charge is -2.33. The molecule has 1 aromatic heterocycles. The number of hydrogen-bond donors (Lipinski definition) is 0. The Morgan fingerprint density at radius 3 is 2.58 bits per heavy atom. The van der Waals surface area contributed by atoms with E-state index in [1.165, 1.54) is 0 Å². The van der Waals surface area contributed by atoms with Gasteiger partial charge in [-0.1, -0.05) is 0 Å². The summed E-state index contributed by atoms with van der Waals surface area (Å²) in [5.74, 6) is 0.206. The van der Waals surface area contributed by atoms with Gasteiger partial charge in [0.25, 0.3) is 0 Å². The molecule has 134 valence electrons. The monoisotopic (exact) mass is 362 g/mol. The molecule has 2 fully saturated rings. The van der Waals surface area contributed by atoms with Crippen molar-refractivity contribution in [2.75, 3.05) is 26.8 Å². The van der Waals surface area contributed by atoms with Gasteiger partial charge in [0, 0.05) is 38.1 Å². The van der Waals surface area contributed by atoms with E-state index in [1.54, 1.807) is 7.11 Å². The molecule has 8 heteroatoms. The lowest BCUT2D eigenvalue weighted by Crippen LogP contribution is -2.42. The molecular weight excluding hydrogens is 341 g/mol. The van der Waals surface area contributed by atoms with Crippen LogP contribution in [-0.4, -0.2) is 42.6 Å². The van der Waals surface area contributed by atoms with E-state index in [9.17, 15) is 18.0 Å². The third kappa shape index (κ3) is 3.59. The summed E-state index contributed by atoms with van der Waals surface area (Å²) in [7, 11) is 1.63. The molecular formula is C16H21F3N2O2S. The Hall–Kier alpha value is -1.15. The van der Waals surface area contributed by atoms with Crippen molar-refractivity contribution in [3.8, 4) is 0 Å². The van der Waals surface area contributed by atoms with E-state index in [1.807, 2.05) is 4.90 Å². The van der Waals surface area contributed by atoms with Crippen LogP contribution < -0.4 is 0 Å². The number of halogens is 3. The van der Waals surface area contributed by atoms with E-state index in [0.29, 0.717) is 37.5 Å². The van der Waals surface area contributed by atoms with Gasteiger partial charge in [0.1, 0.15) is 0 Å². The average Bonchev–Trinajstić information content (AvgIpc) is 3.17. The Morgan fingerprint density at radius 2 is 2.08 bits per heavy atom. The zero-order valence-electron chi connectivity index (χ0n) is 13.6. The van der Waals surface area contributed by atoms with Crippen molar-refractivity contribution in [3.63, 3.8) is 0 Å². The Balaban J connectivity index is 1.56. The van der Waals surface area contributed by atoms with Gasteiger partial charge >= 0.3 is 6.18 Å². The lowest BCUT2D eigenvalue weighted by atomic mass is 9.94. The van der Waals surface area contributed by atoms with Crippen LogP contribution >= 0.6 is 11.3 Å². The standard InChI is InChI=1S/C16H21F3N2O2S/c1-23-9-6-15(4-5-15)14(22)21-7-2-11(3-8-21)13-20-12(10-24-13)16(17,18)19/h10-11H,2-9H2,1H3. The van der Waals surface area contributed by atoms with Crippen LogP contribution in [0.3, 0.4) is 0 Å². The number of carbonyl (C=O) groups is 1. The van der Waals surface area contributed by atoms with E-state index in [-0.39, 0.29) is 17.2 Å². The molecule has 24 heavy (non-hydrogen) atoms. The smallest absolute Gasteiger partial charge is 0.385 e. The molecule has 1 saturated carbocycles. The van der Waals surface area contributed by atoms with Gasteiger partial charge in [-0.3, -0.25) is 4.79 Å². The summed E-state index contributed by atoms with van der Waals surface area (Å²) in [6.07, 6.45) is -0.449. The van der Waals surface area contributed by atoms with Gasteiger partial charge in [-0.15, -0.1) is 11.3 Å². The maximum absolute atomic E-state index is 12.7. The Labute approximate surface area is 143 Å². The number of likely N-dealkylation sites (tertiary alicyclic amines) is 1. The topological polar surface area (TPSA) is 42.4 Å². The van der Waals surface area contributed by atoms with Crippen molar-refractivity contribution in [2.45, 2.75) is 44.2 Å². The first-order valence-electron chi connectivity index (χ1n) is 8.17. The molecule has 0 aromatic carbocycles. The molecule has 0 bridgehead atoms. The maximum atomic E-state index is 12.7. The number of hydrogen-bond acceptors (Lipinski definition) is 4. The Bertz CT molecular complexity index is 590. The minimum absolute atomic E-state index is 0.0179.